The quantitative estimate of drug-likeness (QED) is 0.711. The van der Waals surface area contributed by atoms with Gasteiger partial charge in [0.15, 0.2) is 0 Å². The van der Waals surface area contributed by atoms with E-state index in [9.17, 15) is 18.0 Å². The number of halogens is 3. The van der Waals surface area contributed by atoms with Gasteiger partial charge in [0.25, 0.3) is 0 Å². The van der Waals surface area contributed by atoms with Crippen LogP contribution in [0.25, 0.3) is 12.2 Å². The molecule has 0 saturated carbocycles. The maximum Gasteiger partial charge on any atom is 0.413 e. The molecule has 0 aliphatic carbocycles. The number of nitrogens with zero attached hydrogens (tertiary/aromatic N) is 2. The van der Waals surface area contributed by atoms with Crippen LogP contribution >= 0.6 is 11.3 Å². The Kier molecular flexibility index (Phi) is 7.00. The van der Waals surface area contributed by atoms with Crippen LogP contribution in [0.1, 0.15) is 47.5 Å². The van der Waals surface area contributed by atoms with Crippen LogP contribution in [0.15, 0.2) is 4.52 Å². The number of amides is 1. The van der Waals surface area contributed by atoms with E-state index in [0.717, 1.165) is 41.9 Å². The zero-order valence-corrected chi connectivity index (χ0v) is 16.0. The third kappa shape index (κ3) is 6.38. The fraction of sp³-hybridized carbons (Fsp3) is 0.471. The number of hydrogen-bond acceptors (Lipinski definition) is 6. The first kappa shape index (κ1) is 20.9. The van der Waals surface area contributed by atoms with Gasteiger partial charge in [-0.25, -0.2) is 9.78 Å². The molecule has 0 aliphatic heterocycles. The number of aromatic nitrogens is 2. The number of ether oxygens (including phenoxy) is 1. The number of unbranched alkanes of at least 4 members (excludes halogenated alkanes) is 1. The molecule has 0 atom stereocenters. The van der Waals surface area contributed by atoms with Crippen LogP contribution < -0.4 is 10.1 Å². The molecule has 2 aromatic rings. The van der Waals surface area contributed by atoms with Crippen molar-refractivity contribution in [2.45, 2.75) is 46.2 Å². The van der Waals surface area contributed by atoms with Gasteiger partial charge in [0.2, 0.25) is 5.06 Å². The van der Waals surface area contributed by atoms with Crippen LogP contribution in [-0.2, 0) is 6.42 Å². The molecule has 0 aromatic carbocycles. The highest BCUT2D eigenvalue weighted by molar-refractivity contribution is 7.14. The van der Waals surface area contributed by atoms with Crippen molar-refractivity contribution in [1.29, 1.82) is 0 Å². The minimum atomic E-state index is -4.50. The van der Waals surface area contributed by atoms with Gasteiger partial charge >= 0.3 is 12.3 Å². The molecule has 1 N–H and O–H groups in total. The minimum absolute atomic E-state index is 0.141. The van der Waals surface area contributed by atoms with E-state index in [1.54, 1.807) is 18.3 Å². The van der Waals surface area contributed by atoms with Crippen LogP contribution in [0, 0.1) is 13.8 Å². The first-order chi connectivity index (χ1) is 12.7. The maximum atomic E-state index is 12.1. The summed E-state index contributed by atoms with van der Waals surface area (Å²) in [6, 6.07) is 0. The molecular weight excluding hydrogens is 383 g/mol. The first-order valence-electron chi connectivity index (χ1n) is 8.32. The number of alkyl halides is 3. The Morgan fingerprint density at radius 3 is 2.74 bits per heavy atom. The molecule has 0 radical (unpaired) electrons. The van der Waals surface area contributed by atoms with E-state index < -0.39 is 18.8 Å². The van der Waals surface area contributed by atoms with Crippen molar-refractivity contribution in [1.82, 2.24) is 15.5 Å². The highest BCUT2D eigenvalue weighted by Crippen LogP contribution is 2.29. The fourth-order valence-corrected chi connectivity index (χ4v) is 3.00. The number of carbonyl (C=O) groups excluding carboxylic acids is 1. The SMILES string of the molecule is CCCCc1noc(C)c1/C=C/c1nc(C)c(OC(=O)NCC(F)(F)F)s1. The molecule has 27 heavy (non-hydrogen) atoms. The Morgan fingerprint density at radius 2 is 2.07 bits per heavy atom. The summed E-state index contributed by atoms with van der Waals surface area (Å²) >= 11 is 1.06. The standard InChI is InChI=1S/C17H20F3N3O3S/c1-4-5-6-13-12(11(3)26-23-13)7-8-14-22-10(2)15(27-14)25-16(24)21-9-17(18,19)20/h7-8H,4-6,9H2,1-3H3,(H,21,24)/b8-7+. The normalized spacial score (nSPS) is 11.9. The number of thiazole rings is 1. The Hall–Kier alpha value is -2.36. The van der Waals surface area contributed by atoms with Crippen molar-refractivity contribution >= 4 is 29.6 Å². The Bertz CT molecular complexity index is 812. The molecule has 2 aromatic heterocycles. The monoisotopic (exact) mass is 403 g/mol. The van der Waals surface area contributed by atoms with Gasteiger partial charge < -0.3 is 14.6 Å². The highest BCUT2D eigenvalue weighted by Gasteiger charge is 2.28. The minimum Gasteiger partial charge on any atom is -0.397 e. The molecule has 0 fully saturated rings. The van der Waals surface area contributed by atoms with Gasteiger partial charge in [0.05, 0.1) is 11.4 Å². The third-order valence-corrected chi connectivity index (χ3v) is 4.53. The molecule has 1 amide bonds. The predicted octanol–water partition coefficient (Wildman–Crippen LogP) is 4.91. The summed E-state index contributed by atoms with van der Waals surface area (Å²) in [5, 5.41) is 6.40. The van der Waals surface area contributed by atoms with E-state index >= 15 is 0 Å². The van der Waals surface area contributed by atoms with E-state index in [0.29, 0.717) is 16.5 Å². The summed E-state index contributed by atoms with van der Waals surface area (Å²) < 4.78 is 46.5. The summed E-state index contributed by atoms with van der Waals surface area (Å²) in [6.07, 6.45) is 0.716. The zero-order chi connectivity index (χ0) is 20.0. The van der Waals surface area contributed by atoms with Gasteiger partial charge in [-0.15, -0.1) is 0 Å². The molecule has 6 nitrogen and oxygen atoms in total. The van der Waals surface area contributed by atoms with E-state index in [1.165, 1.54) is 0 Å². The third-order valence-electron chi connectivity index (χ3n) is 3.53. The number of carbonyl (C=O) groups is 1. The summed E-state index contributed by atoms with van der Waals surface area (Å²) in [4.78, 5) is 15.7. The van der Waals surface area contributed by atoms with E-state index in [4.69, 9.17) is 9.26 Å². The summed E-state index contributed by atoms with van der Waals surface area (Å²) in [6.45, 7) is 4.06. The van der Waals surface area contributed by atoms with Crippen molar-refractivity contribution in [3.05, 3.63) is 27.7 Å². The molecule has 0 unspecified atom stereocenters. The Morgan fingerprint density at radius 1 is 1.33 bits per heavy atom. The molecule has 0 aliphatic rings. The first-order valence-corrected chi connectivity index (χ1v) is 9.14. The second kappa shape index (κ2) is 9.03. The van der Waals surface area contributed by atoms with Gasteiger partial charge in [-0.05, 0) is 38.8 Å². The topological polar surface area (TPSA) is 77.2 Å². The van der Waals surface area contributed by atoms with Crippen molar-refractivity contribution in [3.8, 4) is 5.06 Å². The molecule has 148 valence electrons. The molecule has 0 saturated heterocycles. The predicted molar refractivity (Wildman–Crippen MR) is 95.7 cm³/mol. The number of hydrogen-bond donors (Lipinski definition) is 1. The largest absolute Gasteiger partial charge is 0.413 e. The lowest BCUT2D eigenvalue weighted by molar-refractivity contribution is -0.123. The fourth-order valence-electron chi connectivity index (χ4n) is 2.18. The second-order valence-corrected chi connectivity index (χ2v) is 6.81. The van der Waals surface area contributed by atoms with Crippen LogP contribution in [-0.4, -0.2) is 29.0 Å². The van der Waals surface area contributed by atoms with E-state index in [2.05, 4.69) is 17.1 Å². The van der Waals surface area contributed by atoms with Crippen molar-refractivity contribution < 1.29 is 27.2 Å². The van der Waals surface area contributed by atoms with Gasteiger partial charge in [-0.3, -0.25) is 0 Å². The summed E-state index contributed by atoms with van der Waals surface area (Å²) in [5.41, 5.74) is 2.15. The molecule has 2 rings (SSSR count). The van der Waals surface area contributed by atoms with Crippen LogP contribution in [0.4, 0.5) is 18.0 Å². The second-order valence-electron chi connectivity index (χ2n) is 5.82. The average Bonchev–Trinajstić information content (AvgIpc) is 3.11. The smallest absolute Gasteiger partial charge is 0.397 e. The Labute approximate surface area is 158 Å². The van der Waals surface area contributed by atoms with Gasteiger partial charge in [-0.2, -0.15) is 13.2 Å². The maximum absolute atomic E-state index is 12.1. The lowest BCUT2D eigenvalue weighted by Gasteiger charge is -2.07. The van der Waals surface area contributed by atoms with Crippen molar-refractivity contribution in [3.63, 3.8) is 0 Å². The molecular formula is C17H20F3N3O3S. The average molecular weight is 403 g/mol. The lowest BCUT2D eigenvalue weighted by Crippen LogP contribution is -2.35. The van der Waals surface area contributed by atoms with Crippen molar-refractivity contribution in [2.75, 3.05) is 6.54 Å². The zero-order valence-electron chi connectivity index (χ0n) is 15.1. The lowest BCUT2D eigenvalue weighted by atomic mass is 10.1. The number of aryl methyl sites for hydroxylation is 3. The van der Waals surface area contributed by atoms with Crippen LogP contribution in [0.5, 0.6) is 5.06 Å². The molecule has 10 heteroatoms. The molecule has 0 spiro atoms. The Balaban J connectivity index is 2.05. The summed E-state index contributed by atoms with van der Waals surface area (Å²) in [5.74, 6) is 0.689. The highest BCUT2D eigenvalue weighted by atomic mass is 32.1. The van der Waals surface area contributed by atoms with Crippen LogP contribution in [0.3, 0.4) is 0 Å². The number of nitrogens with one attached hydrogen (secondary N) is 1. The van der Waals surface area contributed by atoms with E-state index in [-0.39, 0.29) is 5.06 Å². The molecule has 0 bridgehead atoms. The molecule has 2 heterocycles. The van der Waals surface area contributed by atoms with Crippen molar-refractivity contribution in [2.24, 2.45) is 0 Å². The number of rotatable bonds is 7. The van der Waals surface area contributed by atoms with Gasteiger partial charge in [-0.1, -0.05) is 29.8 Å². The summed E-state index contributed by atoms with van der Waals surface area (Å²) in [7, 11) is 0. The van der Waals surface area contributed by atoms with E-state index in [1.807, 2.05) is 13.0 Å². The van der Waals surface area contributed by atoms with Gasteiger partial charge in [0, 0.05) is 5.56 Å². The van der Waals surface area contributed by atoms with Gasteiger partial charge in [0.1, 0.15) is 17.3 Å². The van der Waals surface area contributed by atoms with Crippen LogP contribution in [0.2, 0.25) is 0 Å².